The molecule has 140 valence electrons. The van der Waals surface area contributed by atoms with Crippen molar-refractivity contribution in [2.45, 2.75) is 39.2 Å². The SMILES string of the molecule is CC(=O)N[C@H](C(=O)Nc1cc(C(F)(F)F)cc(C(F)(F)F)c1)C(C)C. The summed E-state index contributed by atoms with van der Waals surface area (Å²) in [7, 11) is 0. The average molecular weight is 370 g/mol. The summed E-state index contributed by atoms with van der Waals surface area (Å²) in [6, 6.07) is -0.346. The Hall–Kier alpha value is -2.26. The van der Waals surface area contributed by atoms with E-state index >= 15 is 0 Å². The summed E-state index contributed by atoms with van der Waals surface area (Å²) in [5.74, 6) is -1.91. The zero-order chi connectivity index (χ0) is 19.6. The number of hydrogen-bond acceptors (Lipinski definition) is 2. The molecule has 1 aromatic carbocycles. The van der Waals surface area contributed by atoms with E-state index in [2.05, 4.69) is 5.32 Å². The first-order valence-corrected chi connectivity index (χ1v) is 7.09. The number of carbonyl (C=O) groups excluding carboxylic acids is 2. The van der Waals surface area contributed by atoms with E-state index in [0.717, 1.165) is 6.92 Å². The third kappa shape index (κ3) is 5.95. The number of hydrogen-bond donors (Lipinski definition) is 2. The van der Waals surface area contributed by atoms with Gasteiger partial charge in [-0.1, -0.05) is 13.8 Å². The smallest absolute Gasteiger partial charge is 0.344 e. The van der Waals surface area contributed by atoms with Crippen LogP contribution in [0.15, 0.2) is 18.2 Å². The maximum absolute atomic E-state index is 12.8. The van der Waals surface area contributed by atoms with Crippen LogP contribution in [0.1, 0.15) is 31.9 Å². The van der Waals surface area contributed by atoms with Crippen LogP contribution in [0.2, 0.25) is 0 Å². The summed E-state index contributed by atoms with van der Waals surface area (Å²) < 4.78 is 76.8. The molecule has 2 N–H and O–H groups in total. The molecule has 1 aromatic rings. The largest absolute Gasteiger partial charge is 0.416 e. The van der Waals surface area contributed by atoms with Gasteiger partial charge in [0.05, 0.1) is 11.1 Å². The van der Waals surface area contributed by atoms with E-state index in [1.807, 2.05) is 5.32 Å². The maximum Gasteiger partial charge on any atom is 0.416 e. The van der Waals surface area contributed by atoms with E-state index in [9.17, 15) is 35.9 Å². The second kappa shape index (κ2) is 7.32. The van der Waals surface area contributed by atoms with Crippen molar-refractivity contribution in [2.24, 2.45) is 5.92 Å². The normalized spacial score (nSPS) is 13.5. The molecule has 1 rings (SSSR count). The molecule has 25 heavy (non-hydrogen) atoms. The van der Waals surface area contributed by atoms with Crippen LogP contribution in [0.4, 0.5) is 32.0 Å². The van der Waals surface area contributed by atoms with Gasteiger partial charge < -0.3 is 10.6 Å². The van der Waals surface area contributed by atoms with Gasteiger partial charge in [0.15, 0.2) is 0 Å². The van der Waals surface area contributed by atoms with E-state index in [1.54, 1.807) is 13.8 Å². The monoisotopic (exact) mass is 370 g/mol. The van der Waals surface area contributed by atoms with Gasteiger partial charge >= 0.3 is 12.4 Å². The lowest BCUT2D eigenvalue weighted by atomic mass is 10.0. The Balaban J connectivity index is 3.23. The minimum atomic E-state index is -5.02. The van der Waals surface area contributed by atoms with Gasteiger partial charge in [-0.15, -0.1) is 0 Å². The van der Waals surface area contributed by atoms with Crippen LogP contribution in [0.25, 0.3) is 0 Å². The number of anilines is 1. The molecule has 0 fully saturated rings. The first-order chi connectivity index (χ1) is 11.2. The second-order valence-electron chi connectivity index (χ2n) is 5.71. The van der Waals surface area contributed by atoms with Crippen molar-refractivity contribution in [3.05, 3.63) is 29.3 Å². The molecule has 0 saturated carbocycles. The van der Waals surface area contributed by atoms with Crippen molar-refractivity contribution >= 4 is 17.5 Å². The molecule has 0 aliphatic carbocycles. The fourth-order valence-corrected chi connectivity index (χ4v) is 2.00. The molecule has 0 spiro atoms. The van der Waals surface area contributed by atoms with E-state index in [1.165, 1.54) is 0 Å². The molecule has 0 aromatic heterocycles. The molecular weight excluding hydrogens is 354 g/mol. The number of alkyl halides is 6. The lowest BCUT2D eigenvalue weighted by molar-refractivity contribution is -0.143. The Labute approximate surface area is 139 Å². The maximum atomic E-state index is 12.8. The number of halogens is 6. The van der Waals surface area contributed by atoms with E-state index in [0.29, 0.717) is 12.1 Å². The summed E-state index contributed by atoms with van der Waals surface area (Å²) in [6.45, 7) is 4.26. The molecule has 0 heterocycles. The molecule has 4 nitrogen and oxygen atoms in total. The zero-order valence-corrected chi connectivity index (χ0v) is 13.5. The molecule has 10 heteroatoms. The number of rotatable bonds is 4. The minimum Gasteiger partial charge on any atom is -0.344 e. The molecule has 0 unspecified atom stereocenters. The second-order valence-corrected chi connectivity index (χ2v) is 5.71. The molecule has 1 atom stereocenters. The van der Waals surface area contributed by atoms with Crippen molar-refractivity contribution in [3.63, 3.8) is 0 Å². The van der Waals surface area contributed by atoms with Gasteiger partial charge in [0, 0.05) is 12.6 Å². The molecular formula is C15H16F6N2O2. The van der Waals surface area contributed by atoms with Crippen molar-refractivity contribution in [1.82, 2.24) is 5.32 Å². The quantitative estimate of drug-likeness (QED) is 0.792. The third-order valence-electron chi connectivity index (χ3n) is 3.16. The van der Waals surface area contributed by atoms with Gasteiger partial charge in [-0.3, -0.25) is 9.59 Å². The molecule has 2 amide bonds. The third-order valence-corrected chi connectivity index (χ3v) is 3.16. The topological polar surface area (TPSA) is 58.2 Å². The van der Waals surface area contributed by atoms with Gasteiger partial charge in [-0.25, -0.2) is 0 Å². The Kier molecular flexibility index (Phi) is 6.09. The van der Waals surface area contributed by atoms with Gasteiger partial charge in [0.1, 0.15) is 6.04 Å². The van der Waals surface area contributed by atoms with Crippen molar-refractivity contribution in [1.29, 1.82) is 0 Å². The van der Waals surface area contributed by atoms with Crippen LogP contribution < -0.4 is 10.6 Å². The number of carbonyl (C=O) groups is 2. The minimum absolute atomic E-state index is 0.0383. The lowest BCUT2D eigenvalue weighted by Crippen LogP contribution is -2.46. The zero-order valence-electron chi connectivity index (χ0n) is 13.5. The number of nitrogens with one attached hydrogen (secondary N) is 2. The first-order valence-electron chi connectivity index (χ1n) is 7.09. The highest BCUT2D eigenvalue weighted by atomic mass is 19.4. The molecule has 0 aliphatic rings. The predicted octanol–water partition coefficient (Wildman–Crippen LogP) is 3.82. The summed E-state index contributed by atoms with van der Waals surface area (Å²) in [5.41, 5.74) is -3.75. The summed E-state index contributed by atoms with van der Waals surface area (Å²) >= 11 is 0. The first kappa shape index (κ1) is 20.8. The highest BCUT2D eigenvalue weighted by molar-refractivity contribution is 5.97. The van der Waals surface area contributed by atoms with Crippen LogP contribution in [0, 0.1) is 5.92 Å². The van der Waals surface area contributed by atoms with E-state index < -0.39 is 52.9 Å². The molecule has 0 bridgehead atoms. The van der Waals surface area contributed by atoms with E-state index in [4.69, 9.17) is 0 Å². The summed E-state index contributed by atoms with van der Waals surface area (Å²) in [6.07, 6.45) is -10.0. The van der Waals surface area contributed by atoms with Crippen molar-refractivity contribution in [3.8, 4) is 0 Å². The van der Waals surface area contributed by atoms with Crippen LogP contribution in [-0.2, 0) is 21.9 Å². The Bertz CT molecular complexity index is 620. The van der Waals surface area contributed by atoms with Crippen LogP contribution in [0.5, 0.6) is 0 Å². The Morgan fingerprint density at radius 3 is 1.68 bits per heavy atom. The van der Waals surface area contributed by atoms with Crippen molar-refractivity contribution < 1.29 is 35.9 Å². The Morgan fingerprint density at radius 1 is 0.920 bits per heavy atom. The fourth-order valence-electron chi connectivity index (χ4n) is 2.00. The summed E-state index contributed by atoms with van der Waals surface area (Å²) in [5, 5.41) is 4.29. The number of amides is 2. The Morgan fingerprint density at radius 2 is 1.36 bits per heavy atom. The lowest BCUT2D eigenvalue weighted by Gasteiger charge is -2.21. The van der Waals surface area contributed by atoms with Crippen LogP contribution >= 0.6 is 0 Å². The van der Waals surface area contributed by atoms with Crippen LogP contribution in [-0.4, -0.2) is 17.9 Å². The average Bonchev–Trinajstić information content (AvgIpc) is 2.41. The van der Waals surface area contributed by atoms with Gasteiger partial charge in [0.2, 0.25) is 11.8 Å². The highest BCUT2D eigenvalue weighted by Gasteiger charge is 2.37. The van der Waals surface area contributed by atoms with Gasteiger partial charge in [-0.2, -0.15) is 26.3 Å². The molecule has 0 saturated heterocycles. The fraction of sp³-hybridized carbons (Fsp3) is 0.467. The molecule has 0 aliphatic heterocycles. The van der Waals surface area contributed by atoms with Gasteiger partial charge in [0.25, 0.3) is 0 Å². The standard InChI is InChI=1S/C15H16F6N2O2/c1-7(2)12(22-8(3)24)13(25)23-11-5-9(14(16,17)18)4-10(6-11)15(19,20)21/h4-7,12H,1-3H3,(H,22,24)(H,23,25)/t12-/m0/s1. The van der Waals surface area contributed by atoms with E-state index in [-0.39, 0.29) is 6.07 Å². The van der Waals surface area contributed by atoms with Crippen LogP contribution in [0.3, 0.4) is 0 Å². The van der Waals surface area contributed by atoms with Crippen molar-refractivity contribution in [2.75, 3.05) is 5.32 Å². The highest BCUT2D eigenvalue weighted by Crippen LogP contribution is 2.37. The van der Waals surface area contributed by atoms with Gasteiger partial charge in [-0.05, 0) is 24.1 Å². The predicted molar refractivity (Wildman–Crippen MR) is 77.5 cm³/mol. The summed E-state index contributed by atoms with van der Waals surface area (Å²) in [4.78, 5) is 23.2. The number of benzene rings is 1. The molecule has 0 radical (unpaired) electrons.